The van der Waals surface area contributed by atoms with Gasteiger partial charge in [-0.3, -0.25) is 4.55 Å². The summed E-state index contributed by atoms with van der Waals surface area (Å²) < 4.78 is 34.6. The molecular formula is C16H17N3O4S. The Kier molecular flexibility index (Phi) is 4.25. The van der Waals surface area contributed by atoms with Crippen molar-refractivity contribution in [3.8, 4) is 5.75 Å². The van der Waals surface area contributed by atoms with Gasteiger partial charge in [0.15, 0.2) is 0 Å². The van der Waals surface area contributed by atoms with E-state index in [0.29, 0.717) is 11.9 Å². The van der Waals surface area contributed by atoms with Crippen molar-refractivity contribution in [2.75, 3.05) is 0 Å². The summed E-state index contributed by atoms with van der Waals surface area (Å²) in [6.45, 7) is 1.94. The monoisotopic (exact) mass is 347 g/mol. The number of aromatic nitrogens is 3. The molecule has 2 N–H and O–H groups in total. The Hall–Kier alpha value is -2.45. The van der Waals surface area contributed by atoms with Crippen LogP contribution in [0.25, 0.3) is 11.0 Å². The number of hydrogen-bond acceptors (Lipinski definition) is 5. The van der Waals surface area contributed by atoms with E-state index in [9.17, 15) is 18.1 Å². The van der Waals surface area contributed by atoms with E-state index in [1.165, 1.54) is 18.2 Å². The topological polar surface area (TPSA) is 105 Å². The molecule has 0 saturated heterocycles. The average molecular weight is 347 g/mol. The zero-order valence-corrected chi connectivity index (χ0v) is 13.8. The summed E-state index contributed by atoms with van der Waals surface area (Å²) in [4.78, 5) is -0.319. The molecule has 0 aliphatic carbocycles. The normalized spacial score (nSPS) is 13.2. The van der Waals surface area contributed by atoms with Crippen LogP contribution in [0.5, 0.6) is 5.75 Å². The Morgan fingerprint density at radius 1 is 1.17 bits per heavy atom. The van der Waals surface area contributed by atoms with Gasteiger partial charge in [0.1, 0.15) is 16.2 Å². The number of hydrogen-bond donors (Lipinski definition) is 2. The third-order valence-corrected chi connectivity index (χ3v) is 4.80. The molecule has 1 unspecified atom stereocenters. The van der Waals surface area contributed by atoms with Crippen LogP contribution in [0.4, 0.5) is 0 Å². The van der Waals surface area contributed by atoms with E-state index in [2.05, 4.69) is 10.3 Å². The molecule has 3 rings (SSSR count). The van der Waals surface area contributed by atoms with Crippen molar-refractivity contribution >= 4 is 21.2 Å². The van der Waals surface area contributed by atoms with Gasteiger partial charge in [-0.15, -0.1) is 5.10 Å². The van der Waals surface area contributed by atoms with Gasteiger partial charge < -0.3 is 5.11 Å². The molecular weight excluding hydrogens is 330 g/mol. The van der Waals surface area contributed by atoms with Crippen molar-refractivity contribution in [2.24, 2.45) is 0 Å². The highest BCUT2D eigenvalue weighted by Crippen LogP contribution is 2.36. The van der Waals surface area contributed by atoms with Gasteiger partial charge in [0.25, 0.3) is 10.1 Å². The van der Waals surface area contributed by atoms with Crippen molar-refractivity contribution in [3.63, 3.8) is 0 Å². The smallest absolute Gasteiger partial charge is 0.295 e. The predicted molar refractivity (Wildman–Crippen MR) is 88.5 cm³/mol. The minimum Gasteiger partial charge on any atom is -0.508 e. The molecule has 0 saturated carbocycles. The first kappa shape index (κ1) is 16.4. The Balaban J connectivity index is 2.28. The second kappa shape index (κ2) is 6.21. The molecule has 0 spiro atoms. The van der Waals surface area contributed by atoms with E-state index >= 15 is 0 Å². The van der Waals surface area contributed by atoms with Gasteiger partial charge in [-0.05, 0) is 30.7 Å². The van der Waals surface area contributed by atoms with Crippen LogP contribution < -0.4 is 0 Å². The number of aromatic hydroxyl groups is 1. The number of benzene rings is 2. The zero-order chi connectivity index (χ0) is 17.3. The maximum atomic E-state index is 11.7. The second-order valence-electron chi connectivity index (χ2n) is 5.49. The molecule has 1 aromatic heterocycles. The van der Waals surface area contributed by atoms with Gasteiger partial charge in [0.05, 0.1) is 11.6 Å². The van der Waals surface area contributed by atoms with E-state index in [4.69, 9.17) is 0 Å². The van der Waals surface area contributed by atoms with Gasteiger partial charge in [-0.25, -0.2) is 4.68 Å². The van der Waals surface area contributed by atoms with Crippen molar-refractivity contribution in [2.45, 2.75) is 30.7 Å². The first-order valence-corrected chi connectivity index (χ1v) is 8.96. The highest BCUT2D eigenvalue weighted by atomic mass is 32.2. The van der Waals surface area contributed by atoms with E-state index in [0.717, 1.165) is 11.9 Å². The second-order valence-corrected chi connectivity index (χ2v) is 6.88. The van der Waals surface area contributed by atoms with Crippen LogP contribution in [-0.4, -0.2) is 33.1 Å². The maximum Gasteiger partial charge on any atom is 0.295 e. The van der Waals surface area contributed by atoms with Crippen LogP contribution in [0.15, 0.2) is 47.4 Å². The Morgan fingerprint density at radius 2 is 1.92 bits per heavy atom. The number of nitrogens with zero attached hydrogens (tertiary/aromatic N) is 3. The minimum atomic E-state index is -4.49. The summed E-state index contributed by atoms with van der Waals surface area (Å²) in [5.74, 6) is -0.205. The largest absolute Gasteiger partial charge is 0.508 e. The summed E-state index contributed by atoms with van der Waals surface area (Å²) in [6.07, 6.45) is 1.24. The fraction of sp³-hybridized carbons (Fsp3) is 0.250. The lowest BCUT2D eigenvalue weighted by atomic mass is 10.0. The fourth-order valence-electron chi connectivity index (χ4n) is 2.87. The summed E-state index contributed by atoms with van der Waals surface area (Å²) in [5.41, 5.74) is 1.51. The molecule has 8 heteroatoms. The lowest BCUT2D eigenvalue weighted by Crippen LogP contribution is -2.16. The molecule has 7 nitrogen and oxygen atoms in total. The quantitative estimate of drug-likeness (QED) is 0.688. The highest BCUT2D eigenvalue weighted by Gasteiger charge is 2.27. The third-order valence-electron chi connectivity index (χ3n) is 3.89. The fourth-order valence-corrected chi connectivity index (χ4v) is 3.64. The predicted octanol–water partition coefficient (Wildman–Crippen LogP) is 2.77. The molecule has 0 bridgehead atoms. The number of phenols is 1. The first-order valence-electron chi connectivity index (χ1n) is 7.52. The van der Waals surface area contributed by atoms with E-state index < -0.39 is 16.2 Å². The molecule has 0 aliphatic heterocycles. The Bertz CT molecular complexity index is 982. The summed E-state index contributed by atoms with van der Waals surface area (Å²) in [5, 5.41) is 18.5. The summed E-state index contributed by atoms with van der Waals surface area (Å²) in [6, 6.07) is 10.8. The molecule has 24 heavy (non-hydrogen) atoms. The number of fused-ring (bicyclic) bond motifs is 1. The average Bonchev–Trinajstić information content (AvgIpc) is 2.96. The molecule has 1 heterocycles. The Labute approximate surface area is 139 Å². The van der Waals surface area contributed by atoms with Gasteiger partial charge in [-0.2, -0.15) is 8.42 Å². The van der Waals surface area contributed by atoms with E-state index in [1.807, 2.05) is 25.1 Å². The molecule has 0 radical (unpaired) electrons. The van der Waals surface area contributed by atoms with Crippen LogP contribution in [0.2, 0.25) is 0 Å². The van der Waals surface area contributed by atoms with E-state index in [-0.39, 0.29) is 16.2 Å². The number of para-hydroxylation sites is 1. The Morgan fingerprint density at radius 3 is 2.62 bits per heavy atom. The van der Waals surface area contributed by atoms with Crippen LogP contribution in [-0.2, 0) is 10.1 Å². The zero-order valence-electron chi connectivity index (χ0n) is 13.0. The van der Waals surface area contributed by atoms with Gasteiger partial charge >= 0.3 is 0 Å². The van der Waals surface area contributed by atoms with Gasteiger partial charge in [0.2, 0.25) is 0 Å². The van der Waals surface area contributed by atoms with Crippen molar-refractivity contribution < 1.29 is 18.1 Å². The number of rotatable bonds is 5. The molecule has 0 aliphatic rings. The molecule has 1 atom stereocenters. The maximum absolute atomic E-state index is 11.7. The summed E-state index contributed by atoms with van der Waals surface area (Å²) >= 11 is 0. The van der Waals surface area contributed by atoms with Crippen molar-refractivity contribution in [3.05, 3.63) is 48.0 Å². The SMILES string of the molecule is CCCC(c1c(O)cccc1S(=O)(=O)O)n1nnc2ccccc21. The molecule has 126 valence electrons. The minimum absolute atomic E-state index is 0.123. The molecule has 0 amide bonds. The van der Waals surface area contributed by atoms with Gasteiger partial charge in [0, 0.05) is 5.56 Å². The third kappa shape index (κ3) is 2.85. The van der Waals surface area contributed by atoms with Crippen LogP contribution in [0.1, 0.15) is 31.4 Å². The lowest BCUT2D eigenvalue weighted by Gasteiger charge is -2.21. The van der Waals surface area contributed by atoms with Crippen molar-refractivity contribution in [1.82, 2.24) is 15.0 Å². The van der Waals surface area contributed by atoms with Crippen molar-refractivity contribution in [1.29, 1.82) is 0 Å². The standard InChI is InChI=1S/C16H17N3O4S/c1-2-6-13(19-12-8-4-3-7-11(12)17-18-19)16-14(20)9-5-10-15(16)24(21,22)23/h3-5,7-10,13,20H,2,6H2,1H3,(H,21,22,23). The van der Waals surface area contributed by atoms with Crippen LogP contribution >= 0.6 is 0 Å². The highest BCUT2D eigenvalue weighted by molar-refractivity contribution is 7.85. The molecule has 2 aromatic carbocycles. The van der Waals surface area contributed by atoms with Crippen LogP contribution in [0, 0.1) is 0 Å². The molecule has 3 aromatic rings. The lowest BCUT2D eigenvalue weighted by molar-refractivity contribution is 0.418. The summed E-state index contributed by atoms with van der Waals surface area (Å²) in [7, 11) is -4.49. The first-order chi connectivity index (χ1) is 11.4. The van der Waals surface area contributed by atoms with E-state index in [1.54, 1.807) is 10.7 Å². The number of phenolic OH excluding ortho intramolecular Hbond substituents is 1. The van der Waals surface area contributed by atoms with Gasteiger partial charge in [-0.1, -0.05) is 36.8 Å². The molecule has 0 fully saturated rings. The van der Waals surface area contributed by atoms with Crippen LogP contribution in [0.3, 0.4) is 0 Å².